The molecule has 2 saturated heterocycles. The Morgan fingerprint density at radius 3 is 2.85 bits per heavy atom. The molecule has 5 rings (SSSR count). The van der Waals surface area contributed by atoms with E-state index in [0.717, 1.165) is 44.5 Å². The van der Waals surface area contributed by atoms with Crippen LogP contribution in [0.5, 0.6) is 0 Å². The Morgan fingerprint density at radius 2 is 2.08 bits per heavy atom. The summed E-state index contributed by atoms with van der Waals surface area (Å²) in [6.45, 7) is 4.33. The number of likely N-dealkylation sites (tertiary alicyclic amines) is 1. The number of H-pyrrole nitrogens is 1. The standard InChI is InChI=1S/C18H21FN6O/c19-14-1-2-15-13(9-21-23-15)16(14)17-22-18(26-24-17)11-4-7-25(8-5-11)10-12-3-6-20-12/h1-2,9,11-12,20H,3-8,10H2,(H,21,23). The molecule has 8 heteroatoms. The molecule has 2 fully saturated rings. The summed E-state index contributed by atoms with van der Waals surface area (Å²) in [6, 6.07) is 3.72. The molecule has 26 heavy (non-hydrogen) atoms. The van der Waals surface area contributed by atoms with Gasteiger partial charge < -0.3 is 14.7 Å². The average molecular weight is 356 g/mol. The maximum atomic E-state index is 14.4. The van der Waals surface area contributed by atoms with E-state index in [-0.39, 0.29) is 11.7 Å². The molecule has 0 saturated carbocycles. The Kier molecular flexibility index (Phi) is 3.94. The number of halogens is 1. The molecule has 1 aromatic carbocycles. The van der Waals surface area contributed by atoms with Gasteiger partial charge in [0.2, 0.25) is 11.7 Å². The highest BCUT2D eigenvalue weighted by Crippen LogP contribution is 2.32. The molecule has 1 atom stereocenters. The van der Waals surface area contributed by atoms with Crippen molar-refractivity contribution in [1.82, 2.24) is 30.6 Å². The fraction of sp³-hybridized carbons (Fsp3) is 0.500. The van der Waals surface area contributed by atoms with Crippen molar-refractivity contribution in [2.45, 2.75) is 31.2 Å². The summed E-state index contributed by atoms with van der Waals surface area (Å²) in [5, 5.41) is 15.0. The number of rotatable bonds is 4. The maximum Gasteiger partial charge on any atom is 0.230 e. The third kappa shape index (κ3) is 2.79. The number of benzene rings is 1. The van der Waals surface area contributed by atoms with Gasteiger partial charge >= 0.3 is 0 Å². The van der Waals surface area contributed by atoms with Crippen molar-refractivity contribution < 1.29 is 8.91 Å². The minimum absolute atomic E-state index is 0.244. The quantitative estimate of drug-likeness (QED) is 0.746. The lowest BCUT2D eigenvalue weighted by Crippen LogP contribution is -2.51. The number of aromatic amines is 1. The Balaban J connectivity index is 1.32. The normalized spacial score (nSPS) is 22.0. The fourth-order valence-corrected chi connectivity index (χ4v) is 3.90. The van der Waals surface area contributed by atoms with Crippen molar-refractivity contribution in [3.8, 4) is 11.4 Å². The van der Waals surface area contributed by atoms with Gasteiger partial charge in [-0.2, -0.15) is 10.1 Å². The zero-order valence-corrected chi connectivity index (χ0v) is 14.4. The molecule has 0 radical (unpaired) electrons. The van der Waals surface area contributed by atoms with Gasteiger partial charge in [-0.05, 0) is 51.0 Å². The highest BCUT2D eigenvalue weighted by molar-refractivity contribution is 5.92. The first kappa shape index (κ1) is 15.9. The Bertz CT molecular complexity index is 909. The van der Waals surface area contributed by atoms with Crippen molar-refractivity contribution in [3.05, 3.63) is 30.0 Å². The van der Waals surface area contributed by atoms with Crippen molar-refractivity contribution in [2.24, 2.45) is 0 Å². The zero-order valence-electron chi connectivity index (χ0n) is 14.4. The second kappa shape index (κ2) is 6.44. The molecule has 0 spiro atoms. The lowest BCUT2D eigenvalue weighted by molar-refractivity contribution is 0.159. The number of fused-ring (bicyclic) bond motifs is 1. The van der Waals surface area contributed by atoms with Crippen molar-refractivity contribution in [3.63, 3.8) is 0 Å². The molecule has 3 aromatic rings. The monoisotopic (exact) mass is 356 g/mol. The third-order valence-electron chi connectivity index (χ3n) is 5.58. The van der Waals surface area contributed by atoms with E-state index in [1.807, 2.05) is 0 Å². The largest absolute Gasteiger partial charge is 0.339 e. The van der Waals surface area contributed by atoms with Crippen LogP contribution in [-0.4, -0.2) is 57.5 Å². The first-order chi connectivity index (χ1) is 12.8. The minimum atomic E-state index is -0.367. The molecule has 2 N–H and O–H groups in total. The lowest BCUT2D eigenvalue weighted by atomic mass is 9.95. The van der Waals surface area contributed by atoms with Crippen LogP contribution in [0.3, 0.4) is 0 Å². The first-order valence-electron chi connectivity index (χ1n) is 9.19. The predicted octanol–water partition coefficient (Wildman–Crippen LogP) is 2.29. The second-order valence-electron chi connectivity index (χ2n) is 7.22. The number of hydrogen-bond donors (Lipinski definition) is 2. The summed E-state index contributed by atoms with van der Waals surface area (Å²) >= 11 is 0. The molecule has 136 valence electrons. The van der Waals surface area contributed by atoms with Crippen LogP contribution in [0.1, 0.15) is 31.1 Å². The number of nitrogens with one attached hydrogen (secondary N) is 2. The van der Waals surface area contributed by atoms with E-state index >= 15 is 0 Å². The molecule has 2 aromatic heterocycles. The van der Waals surface area contributed by atoms with Gasteiger partial charge in [-0.3, -0.25) is 5.10 Å². The topological polar surface area (TPSA) is 82.9 Å². The lowest BCUT2D eigenvalue weighted by Gasteiger charge is -2.36. The van der Waals surface area contributed by atoms with Gasteiger partial charge in [-0.1, -0.05) is 5.16 Å². The van der Waals surface area contributed by atoms with Crippen molar-refractivity contribution in [1.29, 1.82) is 0 Å². The summed E-state index contributed by atoms with van der Waals surface area (Å²) in [6.07, 6.45) is 4.86. The van der Waals surface area contributed by atoms with Gasteiger partial charge in [0, 0.05) is 23.9 Å². The van der Waals surface area contributed by atoms with Crippen LogP contribution in [-0.2, 0) is 0 Å². The summed E-state index contributed by atoms with van der Waals surface area (Å²) in [4.78, 5) is 7.01. The Hall–Kier alpha value is -2.32. The molecular formula is C18H21FN6O. The SMILES string of the molecule is Fc1ccc2[nH]ncc2c1-c1noc(C2CCN(CC3CCN3)CC2)n1. The first-order valence-corrected chi connectivity index (χ1v) is 9.19. The van der Waals surface area contributed by atoms with E-state index in [1.54, 1.807) is 12.3 Å². The molecule has 0 bridgehead atoms. The number of aromatic nitrogens is 4. The number of piperidine rings is 1. The van der Waals surface area contributed by atoms with E-state index in [1.165, 1.54) is 12.5 Å². The smallest absolute Gasteiger partial charge is 0.230 e. The van der Waals surface area contributed by atoms with Crippen LogP contribution in [0.15, 0.2) is 22.9 Å². The van der Waals surface area contributed by atoms with Gasteiger partial charge in [0.1, 0.15) is 5.82 Å². The van der Waals surface area contributed by atoms with Gasteiger partial charge in [-0.25, -0.2) is 4.39 Å². The van der Waals surface area contributed by atoms with Gasteiger partial charge in [0.05, 0.1) is 17.3 Å². The van der Waals surface area contributed by atoms with Crippen LogP contribution < -0.4 is 5.32 Å². The summed E-state index contributed by atoms with van der Waals surface area (Å²) < 4.78 is 19.9. The summed E-state index contributed by atoms with van der Waals surface area (Å²) in [5.74, 6) is 0.787. The van der Waals surface area contributed by atoms with E-state index in [9.17, 15) is 4.39 Å². The molecule has 2 aliphatic rings. The van der Waals surface area contributed by atoms with Crippen molar-refractivity contribution in [2.75, 3.05) is 26.2 Å². The van der Waals surface area contributed by atoms with Crippen LogP contribution in [0.2, 0.25) is 0 Å². The third-order valence-corrected chi connectivity index (χ3v) is 5.58. The zero-order chi connectivity index (χ0) is 17.5. The van der Waals surface area contributed by atoms with Crippen molar-refractivity contribution >= 4 is 10.9 Å². The van der Waals surface area contributed by atoms with Crippen LogP contribution in [0.4, 0.5) is 4.39 Å². The summed E-state index contributed by atoms with van der Waals surface area (Å²) in [5.41, 5.74) is 1.10. The van der Waals surface area contributed by atoms with Gasteiger partial charge in [0.25, 0.3) is 0 Å². The van der Waals surface area contributed by atoms with Gasteiger partial charge in [0.15, 0.2) is 0 Å². The Morgan fingerprint density at radius 1 is 1.23 bits per heavy atom. The maximum absolute atomic E-state index is 14.4. The molecule has 4 heterocycles. The van der Waals surface area contributed by atoms with Crippen LogP contribution in [0, 0.1) is 5.82 Å². The van der Waals surface area contributed by atoms with E-state index in [2.05, 4.69) is 30.6 Å². The highest BCUT2D eigenvalue weighted by atomic mass is 19.1. The minimum Gasteiger partial charge on any atom is -0.339 e. The van der Waals surface area contributed by atoms with E-state index < -0.39 is 0 Å². The number of nitrogens with zero attached hydrogens (tertiary/aromatic N) is 4. The average Bonchev–Trinajstić information content (AvgIpc) is 3.28. The second-order valence-corrected chi connectivity index (χ2v) is 7.22. The molecular weight excluding hydrogens is 335 g/mol. The summed E-state index contributed by atoms with van der Waals surface area (Å²) in [7, 11) is 0. The Labute approximate surface area is 150 Å². The molecule has 0 aliphatic carbocycles. The van der Waals surface area contributed by atoms with E-state index in [0.29, 0.717) is 28.7 Å². The highest BCUT2D eigenvalue weighted by Gasteiger charge is 2.28. The predicted molar refractivity (Wildman–Crippen MR) is 94.2 cm³/mol. The molecule has 2 aliphatic heterocycles. The molecule has 0 amide bonds. The molecule has 1 unspecified atom stereocenters. The molecule has 7 nitrogen and oxygen atoms in total. The van der Waals surface area contributed by atoms with E-state index in [4.69, 9.17) is 4.52 Å². The van der Waals surface area contributed by atoms with Gasteiger partial charge in [-0.15, -0.1) is 0 Å². The number of hydrogen-bond acceptors (Lipinski definition) is 6. The van der Waals surface area contributed by atoms with Crippen LogP contribution in [0.25, 0.3) is 22.3 Å². The fourth-order valence-electron chi connectivity index (χ4n) is 3.90. The van der Waals surface area contributed by atoms with Crippen LogP contribution >= 0.6 is 0 Å².